The van der Waals surface area contributed by atoms with Crippen LogP contribution in [0.25, 0.3) is 11.1 Å². The van der Waals surface area contributed by atoms with Gasteiger partial charge in [0.15, 0.2) is 0 Å². The fourth-order valence-corrected chi connectivity index (χ4v) is 0.893. The molecule has 0 spiro atoms. The number of rotatable bonds is 1. The zero-order valence-corrected chi connectivity index (χ0v) is 5.78. The second kappa shape index (κ2) is 2.54. The summed E-state index contributed by atoms with van der Waals surface area (Å²) in [6.07, 6.45) is 9.79. The molecule has 2 heterocycles. The Morgan fingerprint density at radius 1 is 1.27 bits per heavy atom. The molecular formula is C8H6N3. The molecule has 2 aromatic heterocycles. The quantitative estimate of drug-likeness (QED) is 0.654. The van der Waals surface area contributed by atoms with Gasteiger partial charge in [-0.3, -0.25) is 0 Å². The summed E-state index contributed by atoms with van der Waals surface area (Å²) in [5.41, 5.74) is 1.97. The molecule has 11 heavy (non-hydrogen) atoms. The number of aromatic nitrogens is 3. The Kier molecular flexibility index (Phi) is 1.41. The van der Waals surface area contributed by atoms with Crippen molar-refractivity contribution in [2.24, 2.45) is 0 Å². The van der Waals surface area contributed by atoms with Gasteiger partial charge >= 0.3 is 0 Å². The molecule has 1 N–H and O–H groups in total. The second-order valence-corrected chi connectivity index (χ2v) is 2.14. The lowest BCUT2D eigenvalue weighted by Crippen LogP contribution is -1.78. The fourth-order valence-electron chi connectivity index (χ4n) is 0.893. The van der Waals surface area contributed by atoms with E-state index >= 15 is 0 Å². The molecule has 53 valence electrons. The van der Waals surface area contributed by atoms with Crippen LogP contribution in [0.4, 0.5) is 0 Å². The smallest absolute Gasteiger partial charge is 0.115 e. The molecular weight excluding hydrogens is 138 g/mol. The molecule has 0 bridgehead atoms. The van der Waals surface area contributed by atoms with E-state index in [2.05, 4.69) is 21.1 Å². The highest BCUT2D eigenvalue weighted by atomic mass is 14.8. The van der Waals surface area contributed by atoms with E-state index in [1.165, 1.54) is 6.33 Å². The Labute approximate surface area is 64.1 Å². The molecule has 0 aliphatic carbocycles. The third-order valence-corrected chi connectivity index (χ3v) is 1.41. The van der Waals surface area contributed by atoms with E-state index in [1.807, 2.05) is 12.3 Å². The van der Waals surface area contributed by atoms with Gasteiger partial charge in [0.05, 0.1) is 6.20 Å². The summed E-state index contributed by atoms with van der Waals surface area (Å²) in [6.45, 7) is 0. The van der Waals surface area contributed by atoms with Crippen molar-refractivity contribution in [2.45, 2.75) is 0 Å². The molecule has 0 atom stereocenters. The first-order valence-corrected chi connectivity index (χ1v) is 3.27. The molecule has 1 radical (unpaired) electrons. The van der Waals surface area contributed by atoms with Crippen LogP contribution in [0.1, 0.15) is 0 Å². The molecule has 3 heteroatoms. The molecule has 3 nitrogen and oxygen atoms in total. The molecule has 0 aliphatic heterocycles. The van der Waals surface area contributed by atoms with Crippen LogP contribution in [0.15, 0.2) is 31.0 Å². The first-order valence-electron chi connectivity index (χ1n) is 3.27. The van der Waals surface area contributed by atoms with Gasteiger partial charge in [0.2, 0.25) is 0 Å². The predicted molar refractivity (Wildman–Crippen MR) is 40.7 cm³/mol. The molecule has 2 rings (SSSR count). The number of aromatic amines is 1. The highest BCUT2D eigenvalue weighted by Crippen LogP contribution is 2.13. The van der Waals surface area contributed by atoms with Crippen LogP contribution in [0, 0.1) is 6.20 Å². The van der Waals surface area contributed by atoms with E-state index in [4.69, 9.17) is 0 Å². The Hall–Kier alpha value is -1.64. The van der Waals surface area contributed by atoms with Crippen LogP contribution in [-0.2, 0) is 0 Å². The Balaban J connectivity index is 2.46. The highest BCUT2D eigenvalue weighted by molar-refractivity contribution is 5.59. The zero-order valence-electron chi connectivity index (χ0n) is 5.78. The summed E-state index contributed by atoms with van der Waals surface area (Å²) in [5.74, 6) is 0. The molecule has 0 fully saturated rings. The Morgan fingerprint density at radius 3 is 2.73 bits per heavy atom. The molecule has 0 aliphatic rings. The fraction of sp³-hybridized carbons (Fsp3) is 0. The number of hydrogen-bond donors (Lipinski definition) is 1. The van der Waals surface area contributed by atoms with Crippen molar-refractivity contribution in [3.8, 4) is 11.1 Å². The maximum Gasteiger partial charge on any atom is 0.115 e. The van der Waals surface area contributed by atoms with Crippen LogP contribution in [0.3, 0.4) is 0 Å². The molecule has 0 aromatic carbocycles. The Morgan fingerprint density at radius 2 is 2.09 bits per heavy atom. The summed E-state index contributed by atoms with van der Waals surface area (Å²) in [4.78, 5) is 10.6. The van der Waals surface area contributed by atoms with E-state index < -0.39 is 0 Å². The minimum Gasteiger partial charge on any atom is -0.359 e. The van der Waals surface area contributed by atoms with Gasteiger partial charge in [0, 0.05) is 29.7 Å². The minimum atomic E-state index is 0.980. The summed E-state index contributed by atoms with van der Waals surface area (Å²) in [6, 6.07) is 1.93. The van der Waals surface area contributed by atoms with Crippen molar-refractivity contribution in [1.82, 2.24) is 15.0 Å². The van der Waals surface area contributed by atoms with E-state index in [0.717, 1.165) is 11.1 Å². The topological polar surface area (TPSA) is 41.6 Å². The average molecular weight is 144 g/mol. The zero-order chi connectivity index (χ0) is 7.52. The highest BCUT2D eigenvalue weighted by Gasteiger charge is 1.95. The molecule has 2 aromatic rings. The van der Waals surface area contributed by atoms with Gasteiger partial charge in [0.25, 0.3) is 0 Å². The lowest BCUT2D eigenvalue weighted by Gasteiger charge is -1.91. The Bertz CT molecular complexity index is 312. The first-order chi connectivity index (χ1) is 5.47. The van der Waals surface area contributed by atoms with Crippen LogP contribution in [0.2, 0.25) is 0 Å². The SMILES string of the molecule is [c]1[nH]ccc1-c1cncnc1. The van der Waals surface area contributed by atoms with Gasteiger partial charge < -0.3 is 4.98 Å². The van der Waals surface area contributed by atoms with Crippen molar-refractivity contribution in [1.29, 1.82) is 0 Å². The summed E-state index contributed by atoms with van der Waals surface area (Å²) >= 11 is 0. The van der Waals surface area contributed by atoms with Crippen molar-refractivity contribution < 1.29 is 0 Å². The van der Waals surface area contributed by atoms with E-state index in [0.29, 0.717) is 0 Å². The predicted octanol–water partition coefficient (Wildman–Crippen LogP) is 1.27. The van der Waals surface area contributed by atoms with Gasteiger partial charge in [-0.25, -0.2) is 9.97 Å². The maximum absolute atomic E-state index is 3.90. The van der Waals surface area contributed by atoms with Crippen LogP contribution in [-0.4, -0.2) is 15.0 Å². The largest absolute Gasteiger partial charge is 0.359 e. The van der Waals surface area contributed by atoms with Gasteiger partial charge in [-0.15, -0.1) is 0 Å². The summed E-state index contributed by atoms with van der Waals surface area (Å²) < 4.78 is 0. The number of hydrogen-bond acceptors (Lipinski definition) is 2. The van der Waals surface area contributed by atoms with Crippen molar-refractivity contribution in [2.75, 3.05) is 0 Å². The molecule has 0 unspecified atom stereocenters. The van der Waals surface area contributed by atoms with E-state index in [1.54, 1.807) is 12.4 Å². The first kappa shape index (κ1) is 6.09. The van der Waals surface area contributed by atoms with Crippen LogP contribution >= 0.6 is 0 Å². The lowest BCUT2D eigenvalue weighted by atomic mass is 10.2. The molecule has 0 saturated heterocycles. The third-order valence-electron chi connectivity index (χ3n) is 1.41. The number of nitrogens with zero attached hydrogens (tertiary/aromatic N) is 2. The average Bonchev–Trinajstić information content (AvgIpc) is 2.58. The van der Waals surface area contributed by atoms with Crippen molar-refractivity contribution >= 4 is 0 Å². The summed E-state index contributed by atoms with van der Waals surface area (Å²) in [5, 5.41) is 0. The molecule has 0 saturated carbocycles. The second-order valence-electron chi connectivity index (χ2n) is 2.14. The van der Waals surface area contributed by atoms with Gasteiger partial charge in [-0.2, -0.15) is 0 Å². The van der Waals surface area contributed by atoms with Crippen molar-refractivity contribution in [3.63, 3.8) is 0 Å². The number of nitrogens with one attached hydrogen (secondary N) is 1. The normalized spacial score (nSPS) is 9.82. The standard InChI is InChI=1S/C8H6N3/c1-2-9-3-7(1)8-4-10-6-11-5-8/h1-2,4-6,9H. The number of H-pyrrole nitrogens is 1. The van der Waals surface area contributed by atoms with Crippen molar-refractivity contribution in [3.05, 3.63) is 37.2 Å². The minimum absolute atomic E-state index is 0.980. The monoisotopic (exact) mass is 144 g/mol. The van der Waals surface area contributed by atoms with Gasteiger partial charge in [-0.1, -0.05) is 0 Å². The lowest BCUT2D eigenvalue weighted by molar-refractivity contribution is 1.17. The van der Waals surface area contributed by atoms with E-state index in [-0.39, 0.29) is 0 Å². The summed E-state index contributed by atoms with van der Waals surface area (Å²) in [7, 11) is 0. The van der Waals surface area contributed by atoms with E-state index in [9.17, 15) is 0 Å². The maximum atomic E-state index is 3.90. The van der Waals surface area contributed by atoms with Crippen LogP contribution in [0.5, 0.6) is 0 Å². The molecule has 0 amide bonds. The van der Waals surface area contributed by atoms with Gasteiger partial charge in [-0.05, 0) is 6.07 Å². The third kappa shape index (κ3) is 1.12. The van der Waals surface area contributed by atoms with Gasteiger partial charge in [0.1, 0.15) is 6.33 Å². The van der Waals surface area contributed by atoms with Crippen LogP contribution < -0.4 is 0 Å².